The predicted molar refractivity (Wildman–Crippen MR) is 155 cm³/mol. The maximum absolute atomic E-state index is 14.5. The molecule has 6 atom stereocenters. The molecule has 1 aromatic rings. The molecule has 2 fully saturated rings. The highest BCUT2D eigenvalue weighted by atomic mass is 16.5. The largest absolute Gasteiger partial charge is 0.505 e. The lowest BCUT2D eigenvalue weighted by Gasteiger charge is -2.60. The number of hydrogen-bond donors (Lipinski definition) is 5. The number of Topliss-reactive ketones (excluding diaryl/α,β-unsaturated/α-hetero) is 4. The zero-order valence-electron chi connectivity index (χ0n) is 25.4. The SMILES string of the molecule is CC(C)COC(=O)Nc1cc(N(C)C)c2c(c1O)C(=O)C1C(=O)[C@]3(C#N)C(=O)C(C(N)=O)C(=O)[C@@H](N(C)C)[C@]3(N)C[C@]1(N)C2. The number of rotatable bonds is 6. The molecule has 1 aromatic carbocycles. The third-order valence-electron chi connectivity index (χ3n) is 8.83. The van der Waals surface area contributed by atoms with E-state index in [-0.39, 0.29) is 35.8 Å². The van der Waals surface area contributed by atoms with Crippen molar-refractivity contribution in [2.45, 2.75) is 43.8 Å². The van der Waals surface area contributed by atoms with Crippen molar-refractivity contribution in [1.29, 1.82) is 5.26 Å². The van der Waals surface area contributed by atoms with Crippen LogP contribution < -0.4 is 27.4 Å². The first-order chi connectivity index (χ1) is 20.3. The number of hydrogen-bond acceptors (Lipinski definition) is 13. The number of primary amides is 1. The fourth-order valence-corrected chi connectivity index (χ4v) is 7.14. The van der Waals surface area contributed by atoms with Gasteiger partial charge in [-0.1, -0.05) is 13.8 Å². The fourth-order valence-electron chi connectivity index (χ4n) is 7.14. The number of phenolic OH excluding ortho intramolecular Hbond substituents is 1. The second-order valence-electron chi connectivity index (χ2n) is 12.8. The molecule has 4 rings (SSSR count). The molecule has 2 saturated carbocycles. The van der Waals surface area contributed by atoms with Gasteiger partial charge in [0.15, 0.2) is 34.5 Å². The first-order valence-corrected chi connectivity index (χ1v) is 13.9. The molecule has 44 heavy (non-hydrogen) atoms. The van der Waals surface area contributed by atoms with Crippen LogP contribution in [0.15, 0.2) is 6.07 Å². The zero-order valence-corrected chi connectivity index (χ0v) is 25.4. The molecule has 0 heterocycles. The summed E-state index contributed by atoms with van der Waals surface area (Å²) in [6.45, 7) is 3.74. The summed E-state index contributed by atoms with van der Waals surface area (Å²) in [5.41, 5.74) is 12.2. The predicted octanol–water partition coefficient (Wildman–Crippen LogP) is -0.921. The Bertz CT molecular complexity index is 1550. The number of carbonyl (C=O) groups is 6. The first-order valence-electron chi connectivity index (χ1n) is 13.9. The molecule has 236 valence electrons. The zero-order chi connectivity index (χ0) is 33.3. The molecule has 2 unspecified atom stereocenters. The van der Waals surface area contributed by atoms with E-state index in [0.29, 0.717) is 5.69 Å². The van der Waals surface area contributed by atoms with Gasteiger partial charge in [0, 0.05) is 25.3 Å². The minimum Gasteiger partial charge on any atom is -0.505 e. The van der Waals surface area contributed by atoms with E-state index in [2.05, 4.69) is 5.32 Å². The van der Waals surface area contributed by atoms with Gasteiger partial charge in [-0.2, -0.15) is 5.26 Å². The second-order valence-corrected chi connectivity index (χ2v) is 12.8. The Morgan fingerprint density at radius 1 is 1.16 bits per heavy atom. The van der Waals surface area contributed by atoms with Gasteiger partial charge in [0.25, 0.3) is 0 Å². The number of anilines is 2. The third-order valence-corrected chi connectivity index (χ3v) is 8.83. The second kappa shape index (κ2) is 10.7. The van der Waals surface area contributed by atoms with Crippen LogP contribution in [0.2, 0.25) is 0 Å². The first kappa shape index (κ1) is 32.5. The number of ketones is 4. The number of carbonyl (C=O) groups excluding carboxylic acids is 6. The van der Waals surface area contributed by atoms with E-state index in [1.807, 2.05) is 13.8 Å². The normalized spacial score (nSPS) is 31.2. The van der Waals surface area contributed by atoms with Crippen LogP contribution in [0.25, 0.3) is 0 Å². The Morgan fingerprint density at radius 2 is 1.77 bits per heavy atom. The van der Waals surface area contributed by atoms with Crippen LogP contribution in [0.3, 0.4) is 0 Å². The van der Waals surface area contributed by atoms with Crippen LogP contribution in [-0.4, -0.2) is 97.1 Å². The molecule has 3 aliphatic rings. The van der Waals surface area contributed by atoms with Crippen molar-refractivity contribution < 1.29 is 38.6 Å². The van der Waals surface area contributed by atoms with Gasteiger partial charge in [0.2, 0.25) is 5.91 Å². The van der Waals surface area contributed by atoms with Crippen LogP contribution in [0.4, 0.5) is 16.2 Å². The van der Waals surface area contributed by atoms with E-state index < -0.39 is 81.7 Å². The summed E-state index contributed by atoms with van der Waals surface area (Å²) < 4.78 is 5.14. The Balaban J connectivity index is 1.95. The fraction of sp³-hybridized carbons (Fsp3) is 0.552. The van der Waals surface area contributed by atoms with E-state index in [1.54, 1.807) is 25.1 Å². The number of ether oxygens (including phenoxy) is 1. The van der Waals surface area contributed by atoms with Gasteiger partial charge in [-0.15, -0.1) is 0 Å². The van der Waals surface area contributed by atoms with E-state index in [0.717, 1.165) is 0 Å². The highest BCUT2D eigenvalue weighted by Crippen LogP contribution is 2.57. The van der Waals surface area contributed by atoms with Crippen molar-refractivity contribution in [2.24, 2.45) is 40.4 Å². The van der Waals surface area contributed by atoms with Crippen LogP contribution in [0, 0.1) is 34.5 Å². The van der Waals surface area contributed by atoms with Gasteiger partial charge in [0.05, 0.1) is 35.5 Å². The van der Waals surface area contributed by atoms with E-state index >= 15 is 0 Å². The van der Waals surface area contributed by atoms with E-state index in [9.17, 15) is 39.1 Å². The number of aromatic hydroxyl groups is 1. The average Bonchev–Trinajstić information content (AvgIpc) is 2.87. The summed E-state index contributed by atoms with van der Waals surface area (Å²) in [6, 6.07) is 1.58. The van der Waals surface area contributed by atoms with Crippen LogP contribution >= 0.6 is 0 Å². The van der Waals surface area contributed by atoms with Gasteiger partial charge in [0.1, 0.15) is 11.7 Å². The molecule has 0 bridgehead atoms. The Labute approximate surface area is 253 Å². The average molecular weight is 612 g/mol. The van der Waals surface area contributed by atoms with Crippen molar-refractivity contribution in [1.82, 2.24) is 4.90 Å². The Morgan fingerprint density at radius 3 is 2.27 bits per heavy atom. The summed E-state index contributed by atoms with van der Waals surface area (Å²) in [7, 11) is 6.15. The van der Waals surface area contributed by atoms with Crippen molar-refractivity contribution in [3.05, 3.63) is 17.2 Å². The Kier molecular flexibility index (Phi) is 7.87. The van der Waals surface area contributed by atoms with Crippen LogP contribution in [0.5, 0.6) is 5.75 Å². The lowest BCUT2D eigenvalue weighted by Crippen LogP contribution is -2.85. The van der Waals surface area contributed by atoms with E-state index in [4.69, 9.17) is 21.9 Å². The van der Waals surface area contributed by atoms with Crippen molar-refractivity contribution in [3.8, 4) is 11.8 Å². The standard InChI is InChI=1S/C29H37N7O8/c1-12(2)9-44-26(43)34-14-7-15(35(3)4)13-8-27(32)10-29(33)22(36(5)6)21(39)17(25(31)42)23(40)28(29,11-30)24(41)18(27)20(38)16(13)19(14)37/h7,12,17-18,22,37H,8-10,32-33H2,1-6H3,(H2,31,42)(H,34,43)/t17?,18?,22-,27-,28+,29-/m1/s1. The minimum atomic E-state index is -2.85. The summed E-state index contributed by atoms with van der Waals surface area (Å²) in [5, 5.41) is 24.2. The van der Waals surface area contributed by atoms with Crippen LogP contribution in [0.1, 0.15) is 36.2 Å². The number of phenols is 1. The van der Waals surface area contributed by atoms with Crippen molar-refractivity contribution in [2.75, 3.05) is 45.0 Å². The van der Waals surface area contributed by atoms with Gasteiger partial charge in [-0.05, 0) is 44.5 Å². The highest BCUT2D eigenvalue weighted by Gasteiger charge is 2.78. The molecule has 0 saturated heterocycles. The summed E-state index contributed by atoms with van der Waals surface area (Å²) in [6.07, 6.45) is -1.67. The summed E-state index contributed by atoms with van der Waals surface area (Å²) in [4.78, 5) is 83.8. The molecule has 2 amide bonds. The number of benzene rings is 1. The topological polar surface area (TPSA) is 252 Å². The molecule has 8 N–H and O–H groups in total. The maximum Gasteiger partial charge on any atom is 0.411 e. The number of nitrogens with two attached hydrogens (primary N) is 3. The third kappa shape index (κ3) is 4.35. The Hall–Kier alpha value is -4.39. The number of amides is 2. The molecule has 15 nitrogen and oxygen atoms in total. The molecule has 15 heteroatoms. The molecule has 0 radical (unpaired) electrons. The quantitative estimate of drug-likeness (QED) is 0.193. The molecular weight excluding hydrogens is 574 g/mol. The minimum absolute atomic E-state index is 0.0213. The van der Waals surface area contributed by atoms with Gasteiger partial charge >= 0.3 is 6.09 Å². The number of fused-ring (bicyclic) bond motifs is 3. The molecule has 0 aromatic heterocycles. The molecule has 0 aliphatic heterocycles. The number of nitrogens with one attached hydrogen (secondary N) is 1. The van der Waals surface area contributed by atoms with Crippen LogP contribution in [-0.2, 0) is 30.3 Å². The van der Waals surface area contributed by atoms with Gasteiger partial charge in [-0.25, -0.2) is 4.79 Å². The van der Waals surface area contributed by atoms with E-state index in [1.165, 1.54) is 25.1 Å². The van der Waals surface area contributed by atoms with Gasteiger partial charge in [-0.3, -0.25) is 34.2 Å². The summed E-state index contributed by atoms with van der Waals surface area (Å²) >= 11 is 0. The summed E-state index contributed by atoms with van der Waals surface area (Å²) in [5.74, 6) is -10.8. The molecular formula is C29H37N7O8. The lowest BCUT2D eigenvalue weighted by atomic mass is 9.42. The maximum atomic E-state index is 14.5. The molecule has 3 aliphatic carbocycles. The highest BCUT2D eigenvalue weighted by molar-refractivity contribution is 6.33. The lowest BCUT2D eigenvalue weighted by molar-refractivity contribution is -0.166. The molecule has 0 spiro atoms. The number of nitriles is 1. The smallest absolute Gasteiger partial charge is 0.411 e. The number of likely N-dealkylation sites (N-methyl/N-ethyl adjacent to an activating group) is 1. The van der Waals surface area contributed by atoms with Crippen molar-refractivity contribution >= 4 is 46.5 Å². The van der Waals surface area contributed by atoms with Gasteiger partial charge < -0.3 is 31.9 Å². The monoisotopic (exact) mass is 611 g/mol. The van der Waals surface area contributed by atoms with Crippen molar-refractivity contribution in [3.63, 3.8) is 0 Å². The number of nitrogens with zero attached hydrogens (tertiary/aromatic N) is 3.